The van der Waals surface area contributed by atoms with E-state index < -0.39 is 6.10 Å². The van der Waals surface area contributed by atoms with Crippen LogP contribution in [0.15, 0.2) is 24.3 Å². The van der Waals surface area contributed by atoms with E-state index in [1.54, 1.807) is 12.1 Å². The van der Waals surface area contributed by atoms with Crippen LogP contribution in [0.4, 0.5) is 4.39 Å². The number of hydrogen-bond donors (Lipinski definition) is 1. The summed E-state index contributed by atoms with van der Waals surface area (Å²) in [4.78, 5) is 2.18. The van der Waals surface area contributed by atoms with E-state index in [-0.39, 0.29) is 24.6 Å². The van der Waals surface area contributed by atoms with Crippen LogP contribution in [-0.4, -0.2) is 54.6 Å². The summed E-state index contributed by atoms with van der Waals surface area (Å²) < 4.78 is 23.8. The van der Waals surface area contributed by atoms with Crippen molar-refractivity contribution in [3.63, 3.8) is 0 Å². The second kappa shape index (κ2) is 7.02. The van der Waals surface area contributed by atoms with Crippen LogP contribution in [0.5, 0.6) is 5.75 Å². The molecule has 0 saturated carbocycles. The second-order valence-corrected chi connectivity index (χ2v) is 5.39. The van der Waals surface area contributed by atoms with E-state index in [1.807, 2.05) is 13.8 Å². The molecule has 3 atom stereocenters. The summed E-state index contributed by atoms with van der Waals surface area (Å²) in [7, 11) is 0. The molecule has 112 valence electrons. The zero-order valence-electron chi connectivity index (χ0n) is 12.0. The van der Waals surface area contributed by atoms with Gasteiger partial charge in [0.25, 0.3) is 0 Å². The molecular weight excluding hydrogens is 261 g/mol. The largest absolute Gasteiger partial charge is 0.491 e. The Bertz CT molecular complexity index is 402. The Balaban J connectivity index is 1.74. The molecule has 2 rings (SSSR count). The fourth-order valence-electron chi connectivity index (χ4n) is 2.51. The van der Waals surface area contributed by atoms with Gasteiger partial charge in [-0.2, -0.15) is 0 Å². The van der Waals surface area contributed by atoms with Gasteiger partial charge in [0.05, 0.1) is 12.2 Å². The third-order valence-electron chi connectivity index (χ3n) is 3.22. The lowest BCUT2D eigenvalue weighted by Gasteiger charge is -2.36. The number of halogens is 1. The fourth-order valence-corrected chi connectivity index (χ4v) is 2.51. The molecule has 1 fully saturated rings. The third kappa shape index (κ3) is 4.74. The average molecular weight is 283 g/mol. The fraction of sp³-hybridized carbons (Fsp3) is 0.600. The highest BCUT2D eigenvalue weighted by Gasteiger charge is 2.23. The molecule has 5 heteroatoms. The molecule has 0 spiro atoms. The third-order valence-corrected chi connectivity index (χ3v) is 3.22. The number of hydrogen-bond acceptors (Lipinski definition) is 4. The van der Waals surface area contributed by atoms with Gasteiger partial charge in [0, 0.05) is 19.6 Å². The molecule has 1 saturated heterocycles. The lowest BCUT2D eigenvalue weighted by atomic mass is 10.2. The maximum atomic E-state index is 12.7. The molecule has 1 aromatic rings. The summed E-state index contributed by atoms with van der Waals surface area (Å²) in [6.07, 6.45) is -0.203. The van der Waals surface area contributed by atoms with Crippen LogP contribution in [0.3, 0.4) is 0 Å². The lowest BCUT2D eigenvalue weighted by Crippen LogP contribution is -2.48. The van der Waals surface area contributed by atoms with Crippen molar-refractivity contribution in [1.82, 2.24) is 4.90 Å². The Morgan fingerprint density at radius 2 is 1.90 bits per heavy atom. The van der Waals surface area contributed by atoms with Crippen LogP contribution in [-0.2, 0) is 4.74 Å². The van der Waals surface area contributed by atoms with Gasteiger partial charge in [0.15, 0.2) is 0 Å². The molecule has 0 bridgehead atoms. The Morgan fingerprint density at radius 1 is 1.30 bits per heavy atom. The first-order valence-corrected chi connectivity index (χ1v) is 6.97. The highest BCUT2D eigenvalue weighted by molar-refractivity contribution is 5.22. The van der Waals surface area contributed by atoms with E-state index >= 15 is 0 Å². The van der Waals surface area contributed by atoms with E-state index in [0.717, 1.165) is 13.1 Å². The first-order chi connectivity index (χ1) is 9.52. The molecule has 0 aromatic heterocycles. The molecule has 1 aromatic carbocycles. The quantitative estimate of drug-likeness (QED) is 0.892. The molecule has 0 amide bonds. The number of nitrogens with zero attached hydrogens (tertiary/aromatic N) is 1. The van der Waals surface area contributed by atoms with Crippen molar-refractivity contribution in [2.45, 2.75) is 32.2 Å². The summed E-state index contributed by atoms with van der Waals surface area (Å²) in [5, 5.41) is 10.0. The van der Waals surface area contributed by atoms with Crippen LogP contribution in [0.25, 0.3) is 0 Å². The Morgan fingerprint density at radius 3 is 2.50 bits per heavy atom. The van der Waals surface area contributed by atoms with Crippen molar-refractivity contribution in [3.05, 3.63) is 30.1 Å². The molecule has 4 nitrogen and oxygen atoms in total. The number of aliphatic hydroxyl groups is 1. The molecule has 0 aliphatic carbocycles. The van der Waals surface area contributed by atoms with Gasteiger partial charge < -0.3 is 14.6 Å². The van der Waals surface area contributed by atoms with Gasteiger partial charge in [-0.25, -0.2) is 4.39 Å². The van der Waals surface area contributed by atoms with Crippen molar-refractivity contribution in [2.24, 2.45) is 0 Å². The molecule has 0 radical (unpaired) electrons. The zero-order valence-corrected chi connectivity index (χ0v) is 12.0. The topological polar surface area (TPSA) is 41.9 Å². The number of rotatable bonds is 5. The predicted molar refractivity (Wildman–Crippen MR) is 74.4 cm³/mol. The maximum Gasteiger partial charge on any atom is 0.123 e. The van der Waals surface area contributed by atoms with E-state index in [2.05, 4.69) is 4.90 Å². The Hall–Kier alpha value is -1.17. The van der Waals surface area contributed by atoms with Crippen LogP contribution < -0.4 is 4.74 Å². The van der Waals surface area contributed by atoms with Crippen molar-refractivity contribution < 1.29 is 19.0 Å². The van der Waals surface area contributed by atoms with Crippen LogP contribution in [0, 0.1) is 5.82 Å². The normalized spacial score (nSPS) is 25.4. The highest BCUT2D eigenvalue weighted by Crippen LogP contribution is 2.13. The number of morpholine rings is 1. The van der Waals surface area contributed by atoms with Crippen molar-refractivity contribution in [1.29, 1.82) is 0 Å². The van der Waals surface area contributed by atoms with Gasteiger partial charge in [0.2, 0.25) is 0 Å². The van der Waals surface area contributed by atoms with Gasteiger partial charge in [-0.1, -0.05) is 0 Å². The van der Waals surface area contributed by atoms with Gasteiger partial charge >= 0.3 is 0 Å². The molecule has 1 aliphatic heterocycles. The SMILES string of the molecule is C[C@@H]1CN(C[C@H](O)COc2ccc(F)cc2)C[C@H](C)O1. The number of benzene rings is 1. The Kier molecular flexibility index (Phi) is 5.34. The smallest absolute Gasteiger partial charge is 0.123 e. The minimum atomic E-state index is -0.572. The van der Waals surface area contributed by atoms with Gasteiger partial charge in [-0.3, -0.25) is 4.90 Å². The van der Waals surface area contributed by atoms with E-state index in [4.69, 9.17) is 9.47 Å². The van der Waals surface area contributed by atoms with Crippen LogP contribution >= 0.6 is 0 Å². The van der Waals surface area contributed by atoms with Crippen LogP contribution in [0.2, 0.25) is 0 Å². The highest BCUT2D eigenvalue weighted by atomic mass is 19.1. The summed E-state index contributed by atoms with van der Waals surface area (Å²) >= 11 is 0. The molecule has 1 N–H and O–H groups in total. The minimum Gasteiger partial charge on any atom is -0.491 e. The van der Waals surface area contributed by atoms with Crippen LogP contribution in [0.1, 0.15) is 13.8 Å². The predicted octanol–water partition coefficient (Wildman–Crippen LogP) is 1.67. The summed E-state index contributed by atoms with van der Waals surface area (Å²) in [6, 6.07) is 5.79. The first-order valence-electron chi connectivity index (χ1n) is 6.97. The van der Waals surface area contributed by atoms with Crippen molar-refractivity contribution in [2.75, 3.05) is 26.2 Å². The Labute approximate surface area is 119 Å². The first kappa shape index (κ1) is 15.2. The number of ether oxygens (including phenoxy) is 2. The summed E-state index contributed by atoms with van der Waals surface area (Å²) in [5.41, 5.74) is 0. The second-order valence-electron chi connectivity index (χ2n) is 5.39. The van der Waals surface area contributed by atoms with E-state index in [9.17, 15) is 9.50 Å². The van der Waals surface area contributed by atoms with Crippen molar-refractivity contribution in [3.8, 4) is 5.75 Å². The van der Waals surface area contributed by atoms with E-state index in [0.29, 0.717) is 12.3 Å². The number of aliphatic hydroxyl groups excluding tert-OH is 1. The van der Waals surface area contributed by atoms with E-state index in [1.165, 1.54) is 12.1 Å². The number of β-amino-alcohol motifs (C(OH)–C–C–N with tert-alkyl or cyclic N) is 1. The maximum absolute atomic E-state index is 12.7. The molecule has 1 aliphatic rings. The summed E-state index contributed by atoms with van der Waals surface area (Å²) in [5.74, 6) is 0.267. The zero-order chi connectivity index (χ0) is 14.5. The monoisotopic (exact) mass is 283 g/mol. The summed E-state index contributed by atoms with van der Waals surface area (Å²) in [6.45, 7) is 6.45. The van der Waals surface area contributed by atoms with Gasteiger partial charge in [-0.05, 0) is 38.1 Å². The standard InChI is InChI=1S/C15H22FNO3/c1-11-7-17(8-12(2)20-11)9-14(18)10-19-15-5-3-13(16)4-6-15/h3-6,11-12,14,18H,7-10H2,1-2H3/t11-,12+,14-/m0/s1. The minimum absolute atomic E-state index is 0.184. The lowest BCUT2D eigenvalue weighted by molar-refractivity contribution is -0.0786. The molecule has 1 heterocycles. The van der Waals surface area contributed by atoms with Crippen molar-refractivity contribution >= 4 is 0 Å². The molecule has 20 heavy (non-hydrogen) atoms. The molecule has 0 unspecified atom stereocenters. The molecular formula is C15H22FNO3. The average Bonchev–Trinajstić information content (AvgIpc) is 2.37. The van der Waals surface area contributed by atoms with Gasteiger partial charge in [-0.15, -0.1) is 0 Å². The van der Waals surface area contributed by atoms with Gasteiger partial charge in [0.1, 0.15) is 24.3 Å².